The summed E-state index contributed by atoms with van der Waals surface area (Å²) in [5.74, 6) is 2.12. The van der Waals surface area contributed by atoms with Crippen LogP contribution >= 0.6 is 0 Å². The van der Waals surface area contributed by atoms with Crippen molar-refractivity contribution in [2.75, 3.05) is 4.90 Å². The van der Waals surface area contributed by atoms with Crippen molar-refractivity contribution in [1.82, 2.24) is 25.8 Å². The second-order valence-electron chi connectivity index (χ2n) is 8.48. The zero-order chi connectivity index (χ0) is 24.2. The lowest BCUT2D eigenvalue weighted by Crippen LogP contribution is -2.32. The van der Waals surface area contributed by atoms with Gasteiger partial charge in [-0.3, -0.25) is 4.90 Å². The molecule has 1 aliphatic rings. The molecule has 0 saturated carbocycles. The van der Waals surface area contributed by atoms with Gasteiger partial charge >= 0.3 is 0 Å². The number of allylic oxidation sites excluding steroid dienone is 2. The van der Waals surface area contributed by atoms with Gasteiger partial charge in [-0.15, -0.1) is 10.2 Å². The van der Waals surface area contributed by atoms with Gasteiger partial charge in [0.15, 0.2) is 5.82 Å². The van der Waals surface area contributed by atoms with Crippen molar-refractivity contribution in [1.29, 1.82) is 0 Å². The number of hydrogen-bond acceptors (Lipinski definition) is 7. The standard InChI is InChI=1S/C27H27N7O/c1-4-5-10-25-24(18(2)34(19(3)28-25)26-15-16-35-31-26)17-20-11-13-21(14-12-20)22-8-6-7-9-23(22)27-29-32-33-30-27/h6-9,11-16H,2,4-5,10,17H2,1,3H3,(H,29,30,32,33). The molecule has 35 heavy (non-hydrogen) atoms. The minimum atomic E-state index is 0.579. The van der Waals surface area contributed by atoms with Gasteiger partial charge in [0.25, 0.3) is 0 Å². The molecule has 4 aromatic rings. The minimum Gasteiger partial charge on any atom is -0.363 e. The minimum absolute atomic E-state index is 0.579. The Morgan fingerprint density at radius 2 is 1.83 bits per heavy atom. The van der Waals surface area contributed by atoms with E-state index in [0.29, 0.717) is 11.6 Å². The summed E-state index contributed by atoms with van der Waals surface area (Å²) in [7, 11) is 0. The number of nitrogens with zero attached hydrogens (tertiary/aromatic N) is 6. The van der Waals surface area contributed by atoms with Crippen LogP contribution in [0.2, 0.25) is 0 Å². The lowest BCUT2D eigenvalue weighted by atomic mass is 9.94. The average molecular weight is 466 g/mol. The van der Waals surface area contributed by atoms with Crippen molar-refractivity contribution in [3.63, 3.8) is 0 Å². The number of hydrogen-bond donors (Lipinski definition) is 1. The summed E-state index contributed by atoms with van der Waals surface area (Å²) in [5.41, 5.74) is 7.40. The van der Waals surface area contributed by atoms with Crippen LogP contribution in [0.25, 0.3) is 22.5 Å². The van der Waals surface area contributed by atoms with Crippen LogP contribution in [-0.4, -0.2) is 31.6 Å². The molecule has 0 amide bonds. The Bertz CT molecular complexity index is 1370. The maximum absolute atomic E-state index is 5.08. The van der Waals surface area contributed by atoms with Crippen molar-refractivity contribution < 1.29 is 4.52 Å². The number of rotatable bonds is 8. The Labute approximate surface area is 204 Å². The Kier molecular flexibility index (Phi) is 6.34. The molecule has 0 bridgehead atoms. The summed E-state index contributed by atoms with van der Waals surface area (Å²) in [6.45, 7) is 8.61. The van der Waals surface area contributed by atoms with Crippen LogP contribution in [0.1, 0.15) is 38.7 Å². The molecule has 0 unspecified atom stereocenters. The second kappa shape index (κ2) is 9.89. The van der Waals surface area contributed by atoms with Gasteiger partial charge in [0.1, 0.15) is 12.1 Å². The van der Waals surface area contributed by atoms with E-state index in [2.05, 4.69) is 69.6 Å². The lowest BCUT2D eigenvalue weighted by Gasteiger charge is -2.31. The molecule has 0 atom stereocenters. The molecule has 0 aliphatic carbocycles. The number of tetrazole rings is 1. The predicted molar refractivity (Wildman–Crippen MR) is 137 cm³/mol. The van der Waals surface area contributed by atoms with Crippen molar-refractivity contribution in [3.05, 3.63) is 90.0 Å². The molecule has 2 aromatic heterocycles. The largest absolute Gasteiger partial charge is 0.363 e. The average Bonchev–Trinajstić information content (AvgIpc) is 3.60. The molecule has 0 spiro atoms. The molecule has 176 valence electrons. The molecule has 8 nitrogen and oxygen atoms in total. The van der Waals surface area contributed by atoms with E-state index in [1.807, 2.05) is 36.1 Å². The fourth-order valence-electron chi connectivity index (χ4n) is 4.40. The molecule has 1 aliphatic heterocycles. The van der Waals surface area contributed by atoms with Gasteiger partial charge in [-0.25, -0.2) is 4.99 Å². The molecule has 1 N–H and O–H groups in total. The van der Waals surface area contributed by atoms with Gasteiger partial charge < -0.3 is 4.52 Å². The van der Waals surface area contributed by atoms with Gasteiger partial charge in [-0.1, -0.05) is 73.6 Å². The first kappa shape index (κ1) is 22.5. The van der Waals surface area contributed by atoms with Crippen molar-refractivity contribution in [2.45, 2.75) is 39.5 Å². The molecular formula is C27H27N7O. The smallest absolute Gasteiger partial charge is 0.205 e. The van der Waals surface area contributed by atoms with Crippen molar-refractivity contribution >= 4 is 11.7 Å². The van der Waals surface area contributed by atoms with Crippen LogP contribution in [-0.2, 0) is 6.42 Å². The molecule has 2 aromatic carbocycles. The Morgan fingerprint density at radius 3 is 2.51 bits per heavy atom. The summed E-state index contributed by atoms with van der Waals surface area (Å²) in [6.07, 6.45) is 5.41. The van der Waals surface area contributed by atoms with Crippen LogP contribution in [0.5, 0.6) is 0 Å². The van der Waals surface area contributed by atoms with E-state index in [-0.39, 0.29) is 0 Å². The molecule has 8 heteroatoms. The number of nitrogens with one attached hydrogen (secondary N) is 1. The number of amidine groups is 1. The van der Waals surface area contributed by atoms with Crippen LogP contribution in [0.4, 0.5) is 5.82 Å². The molecule has 0 saturated heterocycles. The number of H-pyrrole nitrogens is 1. The predicted octanol–water partition coefficient (Wildman–Crippen LogP) is 5.96. The second-order valence-corrected chi connectivity index (χ2v) is 8.48. The SMILES string of the molecule is C=C1C(Cc2ccc(-c3ccccc3-c3nn[nH]n3)cc2)=C(CCCC)N=C(C)N1c1ccon1. The Hall–Kier alpha value is -4.33. The van der Waals surface area contributed by atoms with Crippen LogP contribution in [0, 0.1) is 0 Å². The van der Waals surface area contributed by atoms with E-state index in [0.717, 1.165) is 65.2 Å². The van der Waals surface area contributed by atoms with E-state index in [1.165, 1.54) is 5.56 Å². The van der Waals surface area contributed by atoms with Crippen molar-refractivity contribution in [2.24, 2.45) is 4.99 Å². The maximum atomic E-state index is 5.08. The molecular weight excluding hydrogens is 438 g/mol. The maximum Gasteiger partial charge on any atom is 0.205 e. The van der Waals surface area contributed by atoms with Gasteiger partial charge in [0, 0.05) is 35.0 Å². The highest BCUT2D eigenvalue weighted by Crippen LogP contribution is 2.34. The van der Waals surface area contributed by atoms with E-state index >= 15 is 0 Å². The van der Waals surface area contributed by atoms with E-state index in [4.69, 9.17) is 9.52 Å². The van der Waals surface area contributed by atoms with Gasteiger partial charge in [-0.05, 0) is 41.7 Å². The Morgan fingerprint density at radius 1 is 1.03 bits per heavy atom. The lowest BCUT2D eigenvalue weighted by molar-refractivity contribution is 0.421. The van der Waals surface area contributed by atoms with Gasteiger partial charge in [-0.2, -0.15) is 5.21 Å². The summed E-state index contributed by atoms with van der Waals surface area (Å²) in [4.78, 5) is 6.91. The summed E-state index contributed by atoms with van der Waals surface area (Å²) < 4.78 is 5.08. The summed E-state index contributed by atoms with van der Waals surface area (Å²) in [5, 5.41) is 18.7. The number of aromatic amines is 1. The number of benzene rings is 2. The topological polar surface area (TPSA) is 96.1 Å². The normalized spacial score (nSPS) is 13.9. The molecule has 3 heterocycles. The fraction of sp³-hybridized carbons (Fsp3) is 0.222. The van der Waals surface area contributed by atoms with Crippen molar-refractivity contribution in [3.8, 4) is 22.5 Å². The van der Waals surface area contributed by atoms with E-state index < -0.39 is 0 Å². The zero-order valence-electron chi connectivity index (χ0n) is 19.9. The number of anilines is 1. The van der Waals surface area contributed by atoms with Crippen LogP contribution < -0.4 is 4.90 Å². The highest BCUT2D eigenvalue weighted by Gasteiger charge is 2.26. The number of aliphatic imine (C=N–C) groups is 1. The van der Waals surface area contributed by atoms with Crippen LogP contribution in [0.15, 0.2) is 93.9 Å². The Balaban J connectivity index is 1.45. The quantitative estimate of drug-likeness (QED) is 0.345. The third kappa shape index (κ3) is 4.55. The van der Waals surface area contributed by atoms with Gasteiger partial charge in [0.05, 0.1) is 0 Å². The molecule has 5 rings (SSSR count). The first-order chi connectivity index (χ1) is 17.2. The summed E-state index contributed by atoms with van der Waals surface area (Å²) >= 11 is 0. The third-order valence-electron chi connectivity index (χ3n) is 6.17. The number of unbranched alkanes of at least 4 members (excludes halogenated alkanes) is 1. The third-order valence-corrected chi connectivity index (χ3v) is 6.17. The first-order valence-corrected chi connectivity index (χ1v) is 11.7. The zero-order valence-corrected chi connectivity index (χ0v) is 19.9. The van der Waals surface area contributed by atoms with Gasteiger partial charge in [0.2, 0.25) is 5.82 Å². The highest BCUT2D eigenvalue weighted by molar-refractivity contribution is 6.01. The number of aromatic nitrogens is 5. The van der Waals surface area contributed by atoms with E-state index in [1.54, 1.807) is 6.26 Å². The molecule has 0 fully saturated rings. The fourth-order valence-corrected chi connectivity index (χ4v) is 4.40. The van der Waals surface area contributed by atoms with Crippen LogP contribution in [0.3, 0.4) is 0 Å². The van der Waals surface area contributed by atoms with E-state index in [9.17, 15) is 0 Å². The first-order valence-electron chi connectivity index (χ1n) is 11.7. The highest BCUT2D eigenvalue weighted by atomic mass is 16.5. The molecule has 0 radical (unpaired) electrons. The summed E-state index contributed by atoms with van der Waals surface area (Å²) in [6, 6.07) is 18.5. The monoisotopic (exact) mass is 465 g/mol.